The van der Waals surface area contributed by atoms with Crippen molar-refractivity contribution in [3.05, 3.63) is 41.9 Å². The molecule has 1 aliphatic carbocycles. The minimum Gasteiger partial charge on any atom is -0.490 e. The Morgan fingerprint density at radius 2 is 1.95 bits per heavy atom. The monoisotopic (exact) mass is 361 g/mol. The first-order valence-corrected chi connectivity index (χ1v) is 6.98. The molecule has 0 saturated heterocycles. The highest BCUT2D eigenvalue weighted by Crippen LogP contribution is 2.36. The number of pyridine rings is 2. The Kier molecular flexibility index (Phi) is 6.88. The van der Waals surface area contributed by atoms with Crippen molar-refractivity contribution in [1.29, 1.82) is 0 Å². The first-order chi connectivity index (χ1) is 9.72. The third-order valence-electron chi connectivity index (χ3n) is 3.70. The van der Waals surface area contributed by atoms with Crippen LogP contribution in [-0.4, -0.2) is 29.2 Å². The molecule has 22 heavy (non-hydrogen) atoms. The standard InChI is InChI=1S/C15H16ClN3O.2ClH/c1-17-15(4-5-15)10-20-12-8-13(14(16)19-9-12)11-2-6-18-7-3-11;;/h2-3,6-9,17H,4-5,10H2,1H3;2*1H. The van der Waals surface area contributed by atoms with Crippen LogP contribution in [0.3, 0.4) is 0 Å². The van der Waals surface area contributed by atoms with E-state index >= 15 is 0 Å². The minimum absolute atomic E-state index is 0. The number of nitrogens with one attached hydrogen (secondary N) is 1. The summed E-state index contributed by atoms with van der Waals surface area (Å²) < 4.78 is 5.84. The van der Waals surface area contributed by atoms with E-state index in [2.05, 4.69) is 15.3 Å². The van der Waals surface area contributed by atoms with Crippen molar-refractivity contribution in [1.82, 2.24) is 15.3 Å². The fourth-order valence-corrected chi connectivity index (χ4v) is 2.29. The number of nitrogens with zero attached hydrogens (tertiary/aromatic N) is 2. The van der Waals surface area contributed by atoms with Gasteiger partial charge in [0.15, 0.2) is 0 Å². The van der Waals surface area contributed by atoms with Crippen molar-refractivity contribution in [2.24, 2.45) is 0 Å². The number of hydrogen-bond donors (Lipinski definition) is 1. The molecule has 4 nitrogen and oxygen atoms in total. The number of halogens is 3. The van der Waals surface area contributed by atoms with Crippen LogP contribution in [0.2, 0.25) is 5.15 Å². The molecule has 0 amide bonds. The highest BCUT2D eigenvalue weighted by molar-refractivity contribution is 6.32. The van der Waals surface area contributed by atoms with Gasteiger partial charge in [0.2, 0.25) is 0 Å². The second kappa shape index (κ2) is 7.97. The van der Waals surface area contributed by atoms with E-state index in [1.807, 2.05) is 25.2 Å². The molecule has 2 aromatic heterocycles. The lowest BCUT2D eigenvalue weighted by Crippen LogP contribution is -2.33. The molecule has 0 bridgehead atoms. The van der Waals surface area contributed by atoms with Crippen molar-refractivity contribution in [2.75, 3.05) is 13.7 Å². The van der Waals surface area contributed by atoms with E-state index in [1.54, 1.807) is 18.6 Å². The zero-order valence-corrected chi connectivity index (χ0v) is 14.5. The van der Waals surface area contributed by atoms with Gasteiger partial charge in [0, 0.05) is 18.0 Å². The second-order valence-corrected chi connectivity index (χ2v) is 5.42. The van der Waals surface area contributed by atoms with Crippen LogP contribution in [0.15, 0.2) is 36.8 Å². The smallest absolute Gasteiger partial charge is 0.138 e. The van der Waals surface area contributed by atoms with Gasteiger partial charge in [-0.1, -0.05) is 11.6 Å². The van der Waals surface area contributed by atoms with E-state index in [0.717, 1.165) is 29.7 Å². The Labute approximate surface area is 147 Å². The molecule has 1 fully saturated rings. The van der Waals surface area contributed by atoms with Crippen LogP contribution >= 0.6 is 36.4 Å². The van der Waals surface area contributed by atoms with Gasteiger partial charge in [-0.05, 0) is 43.7 Å². The van der Waals surface area contributed by atoms with Gasteiger partial charge in [0.05, 0.1) is 11.7 Å². The Bertz CT molecular complexity index is 606. The molecule has 2 aromatic rings. The Morgan fingerprint density at radius 3 is 2.55 bits per heavy atom. The fourth-order valence-electron chi connectivity index (χ4n) is 2.08. The Balaban J connectivity index is 0.00000121. The summed E-state index contributed by atoms with van der Waals surface area (Å²) in [4.78, 5) is 8.21. The van der Waals surface area contributed by atoms with E-state index in [9.17, 15) is 0 Å². The molecule has 2 heterocycles. The summed E-state index contributed by atoms with van der Waals surface area (Å²) in [7, 11) is 1.97. The normalized spacial score (nSPS) is 14.5. The third-order valence-corrected chi connectivity index (χ3v) is 4.01. The maximum atomic E-state index is 6.16. The summed E-state index contributed by atoms with van der Waals surface area (Å²) in [6.07, 6.45) is 7.45. The molecule has 0 aromatic carbocycles. The lowest BCUT2D eigenvalue weighted by Gasteiger charge is -2.15. The molecule has 120 valence electrons. The molecule has 3 rings (SSSR count). The maximum Gasteiger partial charge on any atom is 0.138 e. The van der Waals surface area contributed by atoms with Crippen molar-refractivity contribution in [3.8, 4) is 16.9 Å². The maximum absolute atomic E-state index is 6.16. The van der Waals surface area contributed by atoms with Gasteiger partial charge in [-0.15, -0.1) is 24.8 Å². The van der Waals surface area contributed by atoms with Crippen molar-refractivity contribution in [2.45, 2.75) is 18.4 Å². The quantitative estimate of drug-likeness (QED) is 0.823. The molecular weight excluding hydrogens is 345 g/mol. The summed E-state index contributed by atoms with van der Waals surface area (Å²) in [5, 5.41) is 3.77. The van der Waals surface area contributed by atoms with Crippen molar-refractivity contribution in [3.63, 3.8) is 0 Å². The van der Waals surface area contributed by atoms with Crippen LogP contribution in [0, 0.1) is 0 Å². The van der Waals surface area contributed by atoms with E-state index in [0.29, 0.717) is 11.8 Å². The summed E-state index contributed by atoms with van der Waals surface area (Å²) in [6, 6.07) is 5.74. The van der Waals surface area contributed by atoms with Crippen molar-refractivity contribution < 1.29 is 4.74 Å². The Hall–Kier alpha value is -1.07. The lowest BCUT2D eigenvalue weighted by molar-refractivity contribution is 0.259. The van der Waals surface area contributed by atoms with E-state index in [-0.39, 0.29) is 30.4 Å². The molecule has 1 aliphatic rings. The van der Waals surface area contributed by atoms with Crippen LogP contribution in [0.5, 0.6) is 5.75 Å². The van der Waals surface area contributed by atoms with Crippen LogP contribution in [0.25, 0.3) is 11.1 Å². The van der Waals surface area contributed by atoms with E-state index in [1.165, 1.54) is 0 Å². The second-order valence-electron chi connectivity index (χ2n) is 5.06. The van der Waals surface area contributed by atoms with Crippen LogP contribution < -0.4 is 10.1 Å². The largest absolute Gasteiger partial charge is 0.490 e. The molecule has 1 saturated carbocycles. The fraction of sp³-hybridized carbons (Fsp3) is 0.333. The Morgan fingerprint density at radius 1 is 1.27 bits per heavy atom. The molecule has 1 N–H and O–H groups in total. The molecule has 0 unspecified atom stereocenters. The molecule has 7 heteroatoms. The highest BCUT2D eigenvalue weighted by atomic mass is 35.5. The number of hydrogen-bond acceptors (Lipinski definition) is 4. The summed E-state index contributed by atoms with van der Waals surface area (Å²) in [5.74, 6) is 0.739. The van der Waals surface area contributed by atoms with Crippen LogP contribution in [-0.2, 0) is 0 Å². The first kappa shape index (κ1) is 19.0. The predicted octanol–water partition coefficient (Wildman–Crippen LogP) is 3.77. The molecule has 0 atom stereocenters. The van der Waals surface area contributed by atoms with E-state index in [4.69, 9.17) is 16.3 Å². The summed E-state index contributed by atoms with van der Waals surface area (Å²) >= 11 is 6.16. The van der Waals surface area contributed by atoms with Gasteiger partial charge in [-0.3, -0.25) is 4.98 Å². The van der Waals surface area contributed by atoms with Gasteiger partial charge in [0.1, 0.15) is 17.5 Å². The van der Waals surface area contributed by atoms with Gasteiger partial charge in [0.25, 0.3) is 0 Å². The summed E-state index contributed by atoms with van der Waals surface area (Å²) in [5.41, 5.74) is 2.00. The topological polar surface area (TPSA) is 47.0 Å². The number of rotatable bonds is 5. The van der Waals surface area contributed by atoms with Crippen LogP contribution in [0.4, 0.5) is 0 Å². The average Bonchev–Trinajstić information content (AvgIpc) is 3.28. The highest BCUT2D eigenvalue weighted by Gasteiger charge is 2.41. The van der Waals surface area contributed by atoms with Crippen molar-refractivity contribution >= 4 is 36.4 Å². The summed E-state index contributed by atoms with van der Waals surface area (Å²) in [6.45, 7) is 0.655. The zero-order chi connectivity index (χ0) is 14.0. The number of likely N-dealkylation sites (N-methyl/N-ethyl adjacent to an activating group) is 1. The zero-order valence-electron chi connectivity index (χ0n) is 12.1. The first-order valence-electron chi connectivity index (χ1n) is 6.60. The number of aromatic nitrogens is 2. The lowest BCUT2D eigenvalue weighted by atomic mass is 10.1. The van der Waals surface area contributed by atoms with Gasteiger partial charge < -0.3 is 10.1 Å². The molecular formula is C15H18Cl3N3O. The number of ether oxygens (including phenoxy) is 1. The van der Waals surface area contributed by atoms with Gasteiger partial charge in [-0.25, -0.2) is 4.98 Å². The van der Waals surface area contributed by atoms with Gasteiger partial charge in [-0.2, -0.15) is 0 Å². The van der Waals surface area contributed by atoms with Crippen LogP contribution in [0.1, 0.15) is 12.8 Å². The van der Waals surface area contributed by atoms with Gasteiger partial charge >= 0.3 is 0 Å². The SMILES string of the molecule is CNC1(COc2cnc(Cl)c(-c3ccncc3)c2)CC1.Cl.Cl. The predicted molar refractivity (Wildman–Crippen MR) is 93.5 cm³/mol. The van der Waals surface area contributed by atoms with E-state index < -0.39 is 0 Å². The average molecular weight is 363 g/mol. The molecule has 0 spiro atoms. The third kappa shape index (κ3) is 4.23. The molecule has 0 radical (unpaired) electrons. The minimum atomic E-state index is 0. The molecule has 0 aliphatic heterocycles.